The van der Waals surface area contributed by atoms with E-state index < -0.39 is 5.41 Å². The molecule has 3 aromatic rings. The van der Waals surface area contributed by atoms with Crippen LogP contribution >= 0.6 is 23.2 Å². The first-order valence-electron chi connectivity index (χ1n) is 8.54. The second-order valence-electron chi connectivity index (χ2n) is 6.95. The number of nitrogens with zero attached hydrogens (tertiary/aromatic N) is 1. The average molecular weight is 400 g/mol. The lowest BCUT2D eigenvalue weighted by molar-refractivity contribution is -0.126. The van der Waals surface area contributed by atoms with Gasteiger partial charge in [0, 0.05) is 39.6 Å². The monoisotopic (exact) mass is 399 g/mol. The first-order chi connectivity index (χ1) is 12.8. The second kappa shape index (κ2) is 7.64. The van der Waals surface area contributed by atoms with E-state index in [0.29, 0.717) is 16.6 Å². The van der Waals surface area contributed by atoms with Crippen molar-refractivity contribution in [3.05, 3.63) is 69.8 Å². The molecule has 6 heteroatoms. The van der Waals surface area contributed by atoms with Crippen molar-refractivity contribution in [2.24, 2.45) is 5.41 Å². The Kier molecular flexibility index (Phi) is 5.46. The normalized spacial score (nSPS) is 12.6. The highest BCUT2D eigenvalue weighted by molar-refractivity contribution is 6.35. The second-order valence-corrected chi connectivity index (χ2v) is 7.80. The number of H-pyrrole nitrogens is 1. The van der Waals surface area contributed by atoms with Crippen molar-refractivity contribution in [2.75, 3.05) is 6.54 Å². The third-order valence-electron chi connectivity index (χ3n) is 4.65. The van der Waals surface area contributed by atoms with Gasteiger partial charge in [-0.05, 0) is 43.2 Å². The van der Waals surface area contributed by atoms with Gasteiger partial charge in [-0.3, -0.25) is 4.79 Å². The van der Waals surface area contributed by atoms with Gasteiger partial charge in [-0.25, -0.2) is 0 Å². The molecule has 1 amide bonds. The fraction of sp³-hybridized carbons (Fsp3) is 0.238. The molecule has 138 valence electrons. The van der Waals surface area contributed by atoms with Crippen LogP contribution in [-0.2, 0) is 4.79 Å². The Bertz CT molecular complexity index is 1030. The Labute approximate surface area is 168 Å². The fourth-order valence-electron chi connectivity index (χ4n) is 3.02. The standard InChI is InChI=1S/C21H19Cl2N3O/c1-21(2,12-24)20(27)26-11-16(14-8-7-13(22)9-18(14)23)17-10-25-19-6-4-3-5-15(17)19/h3-10,16,25H,11H2,1-2H3,(H,26,27). The van der Waals surface area contributed by atoms with E-state index in [1.807, 2.05) is 42.6 Å². The van der Waals surface area contributed by atoms with Crippen molar-refractivity contribution in [3.8, 4) is 6.07 Å². The Morgan fingerprint density at radius 3 is 2.67 bits per heavy atom. The van der Waals surface area contributed by atoms with Crippen molar-refractivity contribution in [3.63, 3.8) is 0 Å². The summed E-state index contributed by atoms with van der Waals surface area (Å²) in [7, 11) is 0. The van der Waals surface area contributed by atoms with E-state index in [0.717, 1.165) is 22.0 Å². The molecule has 0 aliphatic heterocycles. The first-order valence-corrected chi connectivity index (χ1v) is 9.29. The molecule has 3 rings (SSSR count). The van der Waals surface area contributed by atoms with Crippen LogP contribution < -0.4 is 5.32 Å². The molecule has 0 saturated heterocycles. The van der Waals surface area contributed by atoms with Crippen molar-refractivity contribution in [1.29, 1.82) is 5.26 Å². The van der Waals surface area contributed by atoms with Gasteiger partial charge in [0.2, 0.25) is 5.91 Å². The van der Waals surface area contributed by atoms with E-state index in [1.54, 1.807) is 26.0 Å². The maximum atomic E-state index is 12.4. The smallest absolute Gasteiger partial charge is 0.239 e. The van der Waals surface area contributed by atoms with Gasteiger partial charge in [-0.1, -0.05) is 47.5 Å². The van der Waals surface area contributed by atoms with Crippen LogP contribution in [0.4, 0.5) is 0 Å². The summed E-state index contributed by atoms with van der Waals surface area (Å²) in [6.07, 6.45) is 1.93. The van der Waals surface area contributed by atoms with Crippen molar-refractivity contribution < 1.29 is 4.79 Å². The number of benzene rings is 2. The number of halogens is 2. The highest BCUT2D eigenvalue weighted by Crippen LogP contribution is 2.35. The third-order valence-corrected chi connectivity index (χ3v) is 5.21. The highest BCUT2D eigenvalue weighted by atomic mass is 35.5. The summed E-state index contributed by atoms with van der Waals surface area (Å²) in [5, 5.41) is 14.2. The lowest BCUT2D eigenvalue weighted by atomic mass is 9.89. The molecule has 2 aromatic carbocycles. The van der Waals surface area contributed by atoms with Crippen LogP contribution in [-0.4, -0.2) is 17.4 Å². The molecule has 0 saturated carbocycles. The van der Waals surface area contributed by atoms with Crippen molar-refractivity contribution in [2.45, 2.75) is 19.8 Å². The molecule has 0 radical (unpaired) electrons. The molecule has 0 aliphatic carbocycles. The van der Waals surface area contributed by atoms with Crippen molar-refractivity contribution >= 4 is 40.0 Å². The summed E-state index contributed by atoms with van der Waals surface area (Å²) in [4.78, 5) is 15.7. The number of fused-ring (bicyclic) bond motifs is 1. The molecular formula is C21H19Cl2N3O. The van der Waals surface area contributed by atoms with Gasteiger partial charge in [-0.15, -0.1) is 0 Å². The fourth-order valence-corrected chi connectivity index (χ4v) is 3.56. The highest BCUT2D eigenvalue weighted by Gasteiger charge is 2.29. The predicted molar refractivity (Wildman–Crippen MR) is 109 cm³/mol. The van der Waals surface area contributed by atoms with E-state index in [4.69, 9.17) is 23.2 Å². The van der Waals surface area contributed by atoms with E-state index in [1.165, 1.54) is 0 Å². The number of aromatic amines is 1. The number of nitrogens with one attached hydrogen (secondary N) is 2. The largest absolute Gasteiger partial charge is 0.361 e. The maximum absolute atomic E-state index is 12.4. The van der Waals surface area contributed by atoms with E-state index in [2.05, 4.69) is 10.3 Å². The van der Waals surface area contributed by atoms with Crippen LogP contribution in [0.5, 0.6) is 0 Å². The lowest BCUT2D eigenvalue weighted by Gasteiger charge is -2.22. The SMILES string of the molecule is CC(C)(C#N)C(=O)NCC(c1ccc(Cl)cc1Cl)c1c[nH]c2ccccc12. The molecule has 2 N–H and O–H groups in total. The summed E-state index contributed by atoms with van der Waals surface area (Å²) in [5.41, 5.74) is 1.78. The molecule has 0 aliphatic rings. The molecule has 1 atom stereocenters. The number of hydrogen-bond donors (Lipinski definition) is 2. The molecule has 0 bridgehead atoms. The van der Waals surface area contributed by atoms with Crippen molar-refractivity contribution in [1.82, 2.24) is 10.3 Å². The number of amides is 1. The molecule has 0 spiro atoms. The van der Waals surface area contributed by atoms with Crippen LogP contribution in [0.1, 0.15) is 30.9 Å². The molecule has 27 heavy (non-hydrogen) atoms. The first kappa shape index (κ1) is 19.3. The minimum atomic E-state index is -1.10. The molecule has 0 fully saturated rings. The van der Waals surface area contributed by atoms with E-state index in [9.17, 15) is 10.1 Å². The van der Waals surface area contributed by atoms with Gasteiger partial charge in [0.1, 0.15) is 5.41 Å². The molecule has 1 unspecified atom stereocenters. The maximum Gasteiger partial charge on any atom is 0.239 e. The number of hydrogen-bond acceptors (Lipinski definition) is 2. The lowest BCUT2D eigenvalue weighted by Crippen LogP contribution is -2.38. The summed E-state index contributed by atoms with van der Waals surface area (Å²) >= 11 is 12.5. The van der Waals surface area contributed by atoms with E-state index >= 15 is 0 Å². The minimum absolute atomic E-state index is 0.190. The Morgan fingerprint density at radius 1 is 1.22 bits per heavy atom. The number of carbonyl (C=O) groups excluding carboxylic acids is 1. The van der Waals surface area contributed by atoms with Crippen LogP contribution in [0.2, 0.25) is 10.0 Å². The Balaban J connectivity index is 2.02. The van der Waals surface area contributed by atoms with Crippen LogP contribution in [0.3, 0.4) is 0 Å². The molecule has 1 aromatic heterocycles. The van der Waals surface area contributed by atoms with Gasteiger partial charge in [0.15, 0.2) is 0 Å². The predicted octanol–water partition coefficient (Wildman–Crippen LogP) is 5.27. The minimum Gasteiger partial charge on any atom is -0.361 e. The topological polar surface area (TPSA) is 68.7 Å². The number of carbonyl (C=O) groups is 1. The average Bonchev–Trinajstić information content (AvgIpc) is 3.07. The van der Waals surface area contributed by atoms with Gasteiger partial charge < -0.3 is 10.3 Å². The quantitative estimate of drug-likeness (QED) is 0.613. The van der Waals surface area contributed by atoms with Gasteiger partial charge >= 0.3 is 0 Å². The zero-order valence-electron chi connectivity index (χ0n) is 15.0. The number of rotatable bonds is 5. The summed E-state index contributed by atoms with van der Waals surface area (Å²) in [6.45, 7) is 3.50. The van der Waals surface area contributed by atoms with Crippen LogP contribution in [0.25, 0.3) is 10.9 Å². The zero-order valence-corrected chi connectivity index (χ0v) is 16.5. The van der Waals surface area contributed by atoms with E-state index in [-0.39, 0.29) is 11.8 Å². The molecular weight excluding hydrogens is 381 g/mol. The Morgan fingerprint density at radius 2 is 1.96 bits per heavy atom. The van der Waals surface area contributed by atoms with Gasteiger partial charge in [0.05, 0.1) is 6.07 Å². The summed E-state index contributed by atoms with van der Waals surface area (Å²) < 4.78 is 0. The number of aromatic nitrogens is 1. The van der Waals surface area contributed by atoms with Crippen LogP contribution in [0, 0.1) is 16.7 Å². The summed E-state index contributed by atoms with van der Waals surface area (Å²) in [6, 6.07) is 15.3. The molecule has 1 heterocycles. The third kappa shape index (κ3) is 3.95. The Hall–Kier alpha value is -2.48. The number of nitriles is 1. The number of para-hydroxylation sites is 1. The van der Waals surface area contributed by atoms with Gasteiger partial charge in [-0.2, -0.15) is 5.26 Å². The summed E-state index contributed by atoms with van der Waals surface area (Å²) in [5.74, 6) is -0.510. The molecule has 4 nitrogen and oxygen atoms in total. The van der Waals surface area contributed by atoms with Crippen LogP contribution in [0.15, 0.2) is 48.7 Å². The zero-order chi connectivity index (χ0) is 19.6. The van der Waals surface area contributed by atoms with Gasteiger partial charge in [0.25, 0.3) is 0 Å².